The second kappa shape index (κ2) is 4.17. The molecule has 2 atom stereocenters. The second-order valence-corrected chi connectivity index (χ2v) is 4.29. The van der Waals surface area contributed by atoms with Gasteiger partial charge in [-0.2, -0.15) is 0 Å². The third-order valence-corrected chi connectivity index (χ3v) is 3.13. The van der Waals surface area contributed by atoms with Gasteiger partial charge in [-0.05, 0) is 30.9 Å². The van der Waals surface area contributed by atoms with Crippen LogP contribution >= 0.6 is 0 Å². The number of anilines is 1. The lowest BCUT2D eigenvalue weighted by Crippen LogP contribution is -2.21. The first-order valence-electron chi connectivity index (χ1n) is 5.38. The van der Waals surface area contributed by atoms with Crippen LogP contribution in [0.1, 0.15) is 26.2 Å². The molecule has 1 saturated carbocycles. The average Bonchev–Trinajstić information content (AvgIpc) is 2.59. The molecule has 3 heteroatoms. The molecule has 82 valence electrons. The highest BCUT2D eigenvalue weighted by Crippen LogP contribution is 2.28. The van der Waals surface area contributed by atoms with Crippen molar-refractivity contribution in [3.63, 3.8) is 0 Å². The fraction of sp³-hybridized carbons (Fsp3) is 0.500. The maximum Gasteiger partial charge on any atom is 0.160 e. The molecule has 1 fully saturated rings. The van der Waals surface area contributed by atoms with Gasteiger partial charge in [-0.25, -0.2) is 8.78 Å². The van der Waals surface area contributed by atoms with Crippen LogP contribution in [0.3, 0.4) is 0 Å². The van der Waals surface area contributed by atoms with Gasteiger partial charge in [0.2, 0.25) is 0 Å². The van der Waals surface area contributed by atoms with E-state index in [4.69, 9.17) is 0 Å². The zero-order chi connectivity index (χ0) is 10.8. The number of rotatable bonds is 2. The third kappa shape index (κ3) is 2.28. The largest absolute Gasteiger partial charge is 0.382 e. The minimum Gasteiger partial charge on any atom is -0.382 e. The van der Waals surface area contributed by atoms with Gasteiger partial charge in [0.25, 0.3) is 0 Å². The van der Waals surface area contributed by atoms with Crippen LogP contribution in [0.5, 0.6) is 0 Å². The highest BCUT2D eigenvalue weighted by atomic mass is 19.2. The van der Waals surface area contributed by atoms with Gasteiger partial charge in [0.05, 0.1) is 0 Å². The van der Waals surface area contributed by atoms with E-state index in [-0.39, 0.29) is 0 Å². The lowest BCUT2D eigenvalue weighted by atomic mass is 10.1. The first-order chi connectivity index (χ1) is 7.16. The van der Waals surface area contributed by atoms with Crippen molar-refractivity contribution < 1.29 is 8.78 Å². The average molecular weight is 211 g/mol. The summed E-state index contributed by atoms with van der Waals surface area (Å²) in [5.41, 5.74) is 0.674. The zero-order valence-corrected chi connectivity index (χ0v) is 8.76. The summed E-state index contributed by atoms with van der Waals surface area (Å²) in [7, 11) is 0. The summed E-state index contributed by atoms with van der Waals surface area (Å²) in [6.45, 7) is 2.19. The van der Waals surface area contributed by atoms with Crippen LogP contribution in [0, 0.1) is 17.6 Å². The van der Waals surface area contributed by atoms with Crippen LogP contribution in [0.2, 0.25) is 0 Å². The molecule has 0 spiro atoms. The lowest BCUT2D eigenvalue weighted by Gasteiger charge is -2.18. The quantitative estimate of drug-likeness (QED) is 0.788. The normalized spacial score (nSPS) is 25.5. The molecule has 0 saturated heterocycles. The topological polar surface area (TPSA) is 12.0 Å². The number of hydrogen-bond donors (Lipinski definition) is 1. The first-order valence-corrected chi connectivity index (χ1v) is 5.38. The molecule has 2 unspecified atom stereocenters. The standard InChI is InChI=1S/C12H15F2N/c1-8-3-2-4-12(8)15-9-5-6-10(13)11(14)7-9/h5-8,12,15H,2-4H2,1H3. The Balaban J connectivity index is 2.07. The van der Waals surface area contributed by atoms with Crippen molar-refractivity contribution in [3.05, 3.63) is 29.8 Å². The molecular weight excluding hydrogens is 196 g/mol. The van der Waals surface area contributed by atoms with Crippen molar-refractivity contribution in [3.8, 4) is 0 Å². The summed E-state index contributed by atoms with van der Waals surface area (Å²) in [4.78, 5) is 0. The molecule has 1 aliphatic rings. The molecule has 1 N–H and O–H groups in total. The Kier molecular flexibility index (Phi) is 2.89. The molecule has 1 aliphatic carbocycles. The van der Waals surface area contributed by atoms with Crippen LogP contribution < -0.4 is 5.32 Å². The zero-order valence-electron chi connectivity index (χ0n) is 8.76. The van der Waals surface area contributed by atoms with Crippen molar-refractivity contribution in [1.82, 2.24) is 0 Å². The maximum absolute atomic E-state index is 12.9. The van der Waals surface area contributed by atoms with Gasteiger partial charge >= 0.3 is 0 Å². The summed E-state index contributed by atoms with van der Waals surface area (Å²) in [6, 6.07) is 4.37. The van der Waals surface area contributed by atoms with Crippen LogP contribution in [-0.2, 0) is 0 Å². The van der Waals surface area contributed by atoms with E-state index in [0.29, 0.717) is 17.6 Å². The summed E-state index contributed by atoms with van der Waals surface area (Å²) >= 11 is 0. The summed E-state index contributed by atoms with van der Waals surface area (Å²) in [5.74, 6) is -0.969. The molecule has 0 amide bonds. The lowest BCUT2D eigenvalue weighted by molar-refractivity contribution is 0.508. The van der Waals surface area contributed by atoms with Gasteiger partial charge < -0.3 is 5.32 Å². The summed E-state index contributed by atoms with van der Waals surface area (Å²) in [6.07, 6.45) is 3.53. The Morgan fingerprint density at radius 2 is 2.00 bits per heavy atom. The van der Waals surface area contributed by atoms with E-state index in [1.54, 1.807) is 6.07 Å². The van der Waals surface area contributed by atoms with Crippen molar-refractivity contribution >= 4 is 5.69 Å². The van der Waals surface area contributed by atoms with Crippen molar-refractivity contribution in [2.45, 2.75) is 32.2 Å². The predicted molar refractivity (Wildman–Crippen MR) is 56.8 cm³/mol. The van der Waals surface area contributed by atoms with Gasteiger partial charge in [0.15, 0.2) is 11.6 Å². The van der Waals surface area contributed by atoms with E-state index in [1.165, 1.54) is 18.9 Å². The highest BCUT2D eigenvalue weighted by molar-refractivity contribution is 5.44. The van der Waals surface area contributed by atoms with E-state index in [2.05, 4.69) is 12.2 Å². The van der Waals surface area contributed by atoms with Crippen LogP contribution in [-0.4, -0.2) is 6.04 Å². The van der Waals surface area contributed by atoms with Crippen LogP contribution in [0.25, 0.3) is 0 Å². The smallest absolute Gasteiger partial charge is 0.160 e. The molecule has 0 radical (unpaired) electrons. The molecule has 0 heterocycles. The van der Waals surface area contributed by atoms with Crippen molar-refractivity contribution in [2.24, 2.45) is 5.92 Å². The fourth-order valence-corrected chi connectivity index (χ4v) is 2.16. The molecular formula is C12H15F2N. The Hall–Kier alpha value is -1.12. The SMILES string of the molecule is CC1CCCC1Nc1ccc(F)c(F)c1. The monoisotopic (exact) mass is 211 g/mol. The molecule has 15 heavy (non-hydrogen) atoms. The predicted octanol–water partition coefficient (Wildman–Crippen LogP) is 3.57. The number of benzene rings is 1. The van der Waals surface area contributed by atoms with E-state index in [0.717, 1.165) is 12.5 Å². The van der Waals surface area contributed by atoms with E-state index >= 15 is 0 Å². The minimum atomic E-state index is -0.792. The molecule has 2 rings (SSSR count). The van der Waals surface area contributed by atoms with E-state index in [1.807, 2.05) is 0 Å². The number of nitrogens with one attached hydrogen (secondary N) is 1. The van der Waals surface area contributed by atoms with E-state index in [9.17, 15) is 8.78 Å². The molecule has 0 aliphatic heterocycles. The first kappa shape index (κ1) is 10.4. The Morgan fingerprint density at radius 3 is 2.60 bits per heavy atom. The number of hydrogen-bond acceptors (Lipinski definition) is 1. The van der Waals surface area contributed by atoms with Gasteiger partial charge in [0.1, 0.15) is 0 Å². The highest BCUT2D eigenvalue weighted by Gasteiger charge is 2.23. The Labute approximate surface area is 88.5 Å². The summed E-state index contributed by atoms with van der Waals surface area (Å²) < 4.78 is 25.6. The Morgan fingerprint density at radius 1 is 1.20 bits per heavy atom. The fourth-order valence-electron chi connectivity index (χ4n) is 2.16. The van der Waals surface area contributed by atoms with Gasteiger partial charge in [-0.3, -0.25) is 0 Å². The van der Waals surface area contributed by atoms with E-state index < -0.39 is 11.6 Å². The van der Waals surface area contributed by atoms with Crippen molar-refractivity contribution in [2.75, 3.05) is 5.32 Å². The van der Waals surface area contributed by atoms with Crippen LogP contribution in [0.15, 0.2) is 18.2 Å². The van der Waals surface area contributed by atoms with Crippen molar-refractivity contribution in [1.29, 1.82) is 0 Å². The summed E-state index contributed by atoms with van der Waals surface area (Å²) in [5, 5.41) is 3.25. The molecule has 1 aromatic carbocycles. The Bertz CT molecular complexity index is 351. The van der Waals surface area contributed by atoms with Gasteiger partial charge in [-0.1, -0.05) is 13.3 Å². The maximum atomic E-state index is 12.9. The molecule has 1 nitrogen and oxygen atoms in total. The molecule has 0 bridgehead atoms. The number of halogens is 2. The second-order valence-electron chi connectivity index (χ2n) is 4.29. The van der Waals surface area contributed by atoms with Gasteiger partial charge in [0, 0.05) is 17.8 Å². The minimum absolute atomic E-state index is 0.398. The third-order valence-electron chi connectivity index (χ3n) is 3.13. The van der Waals surface area contributed by atoms with Gasteiger partial charge in [-0.15, -0.1) is 0 Å². The molecule has 0 aromatic heterocycles. The molecule has 1 aromatic rings. The van der Waals surface area contributed by atoms with Crippen LogP contribution in [0.4, 0.5) is 14.5 Å².